The third-order valence-corrected chi connectivity index (χ3v) is 7.45. The summed E-state index contributed by atoms with van der Waals surface area (Å²) in [5.41, 5.74) is -0.121. The van der Waals surface area contributed by atoms with Crippen molar-refractivity contribution in [2.45, 2.75) is 11.8 Å². The Morgan fingerprint density at radius 3 is 2.38 bits per heavy atom. The molecule has 0 atom stereocenters. The van der Waals surface area contributed by atoms with Crippen LogP contribution in [0, 0.1) is 17.0 Å². The van der Waals surface area contributed by atoms with Crippen LogP contribution in [0.2, 0.25) is 5.02 Å². The quantitative estimate of drug-likeness (QED) is 0.483. The lowest BCUT2D eigenvalue weighted by molar-refractivity contribution is -0.385. The Hall–Kier alpha value is -1.79. The van der Waals surface area contributed by atoms with Gasteiger partial charge in [0.2, 0.25) is 15.9 Å². The molecule has 10 nitrogen and oxygen atoms in total. The second-order valence-corrected chi connectivity index (χ2v) is 9.32. The van der Waals surface area contributed by atoms with E-state index in [2.05, 4.69) is 0 Å². The van der Waals surface area contributed by atoms with Crippen molar-refractivity contribution in [2.24, 2.45) is 0 Å². The molecule has 0 aromatic heterocycles. The van der Waals surface area contributed by atoms with E-state index >= 15 is 0 Å². The zero-order valence-corrected chi connectivity index (χ0v) is 17.6. The van der Waals surface area contributed by atoms with Gasteiger partial charge in [0.15, 0.2) is 0 Å². The van der Waals surface area contributed by atoms with Gasteiger partial charge >= 0.3 is 0 Å². The Labute approximate surface area is 174 Å². The van der Waals surface area contributed by atoms with Crippen molar-refractivity contribution >= 4 is 33.2 Å². The van der Waals surface area contributed by atoms with Gasteiger partial charge in [0, 0.05) is 50.9 Å². The Bertz CT molecular complexity index is 895. The molecule has 2 heterocycles. The molecule has 0 bridgehead atoms. The van der Waals surface area contributed by atoms with Crippen molar-refractivity contribution < 1.29 is 22.9 Å². The summed E-state index contributed by atoms with van der Waals surface area (Å²) in [6, 6.07) is 2.27. The Morgan fingerprint density at radius 1 is 1.17 bits per heavy atom. The Kier molecular flexibility index (Phi) is 6.74. The number of ether oxygens (including phenoxy) is 1. The fourth-order valence-corrected chi connectivity index (χ4v) is 5.10. The summed E-state index contributed by atoms with van der Waals surface area (Å²) < 4.78 is 32.4. The average Bonchev–Trinajstić information content (AvgIpc) is 2.70. The van der Waals surface area contributed by atoms with Crippen LogP contribution in [-0.4, -0.2) is 92.4 Å². The zero-order chi connectivity index (χ0) is 21.2. The van der Waals surface area contributed by atoms with Gasteiger partial charge < -0.3 is 9.64 Å². The van der Waals surface area contributed by atoms with Crippen molar-refractivity contribution in [1.29, 1.82) is 0 Å². The van der Waals surface area contributed by atoms with Crippen LogP contribution in [0.4, 0.5) is 5.69 Å². The smallest absolute Gasteiger partial charge is 0.275 e. The molecule has 1 aromatic rings. The highest BCUT2D eigenvalue weighted by Crippen LogP contribution is 2.31. The fourth-order valence-electron chi connectivity index (χ4n) is 3.36. The van der Waals surface area contributed by atoms with E-state index in [-0.39, 0.29) is 59.8 Å². The first-order chi connectivity index (χ1) is 13.7. The molecule has 2 aliphatic heterocycles. The van der Waals surface area contributed by atoms with Crippen LogP contribution in [0.1, 0.15) is 5.56 Å². The first-order valence-electron chi connectivity index (χ1n) is 9.22. The number of morpholine rings is 1. The number of hydrogen-bond donors (Lipinski definition) is 0. The normalized spacial score (nSPS) is 19.3. The maximum Gasteiger partial charge on any atom is 0.275 e. The third kappa shape index (κ3) is 4.86. The van der Waals surface area contributed by atoms with Gasteiger partial charge in [-0.05, 0) is 13.0 Å². The van der Waals surface area contributed by atoms with Crippen molar-refractivity contribution in [2.75, 3.05) is 59.0 Å². The topological polar surface area (TPSA) is 113 Å². The first-order valence-corrected chi connectivity index (χ1v) is 11.0. The number of sulfonamides is 1. The number of piperazine rings is 1. The minimum absolute atomic E-state index is 0.0251. The van der Waals surface area contributed by atoms with Gasteiger partial charge in [-0.3, -0.25) is 19.8 Å². The van der Waals surface area contributed by atoms with Crippen LogP contribution in [0.3, 0.4) is 0 Å². The lowest BCUT2D eigenvalue weighted by atomic mass is 10.2. The number of rotatable bonds is 5. The molecule has 0 N–H and O–H groups in total. The number of hydrogen-bond acceptors (Lipinski definition) is 7. The molecular weight excluding hydrogens is 424 g/mol. The molecule has 0 saturated carbocycles. The third-order valence-electron chi connectivity index (χ3n) is 5.18. The van der Waals surface area contributed by atoms with Crippen LogP contribution >= 0.6 is 11.6 Å². The number of nitro groups is 1. The van der Waals surface area contributed by atoms with Crippen LogP contribution in [-0.2, 0) is 19.6 Å². The average molecular weight is 447 g/mol. The van der Waals surface area contributed by atoms with Crippen LogP contribution in [0.25, 0.3) is 0 Å². The molecule has 160 valence electrons. The molecule has 3 rings (SSSR count). The van der Waals surface area contributed by atoms with E-state index in [0.29, 0.717) is 26.3 Å². The first kappa shape index (κ1) is 21.9. The molecule has 1 aromatic carbocycles. The van der Waals surface area contributed by atoms with Gasteiger partial charge in [-0.2, -0.15) is 4.31 Å². The maximum atomic E-state index is 12.9. The van der Waals surface area contributed by atoms with E-state index in [1.807, 2.05) is 4.90 Å². The van der Waals surface area contributed by atoms with Gasteiger partial charge in [-0.25, -0.2) is 8.42 Å². The lowest BCUT2D eigenvalue weighted by Crippen LogP contribution is -2.53. The van der Waals surface area contributed by atoms with E-state index in [4.69, 9.17) is 16.3 Å². The number of nitro benzene ring substituents is 1. The van der Waals surface area contributed by atoms with E-state index in [1.54, 1.807) is 4.90 Å². The molecule has 0 unspecified atom stereocenters. The summed E-state index contributed by atoms with van der Waals surface area (Å²) >= 11 is 6.01. The Morgan fingerprint density at radius 2 is 1.79 bits per heavy atom. The Balaban J connectivity index is 1.67. The predicted octanol–water partition coefficient (Wildman–Crippen LogP) is 0.722. The number of amides is 1. The van der Waals surface area contributed by atoms with E-state index in [1.165, 1.54) is 17.3 Å². The second kappa shape index (κ2) is 8.92. The van der Waals surface area contributed by atoms with E-state index in [0.717, 1.165) is 6.07 Å². The summed E-state index contributed by atoms with van der Waals surface area (Å²) in [7, 11) is -3.95. The molecular formula is C17H23ClN4O6S. The van der Waals surface area contributed by atoms with Crippen LogP contribution in [0.5, 0.6) is 0 Å². The van der Waals surface area contributed by atoms with Gasteiger partial charge in [0.05, 0.1) is 34.6 Å². The number of benzene rings is 1. The minimum atomic E-state index is -3.95. The molecule has 0 spiro atoms. The molecule has 29 heavy (non-hydrogen) atoms. The monoisotopic (exact) mass is 446 g/mol. The van der Waals surface area contributed by atoms with E-state index < -0.39 is 14.9 Å². The number of carbonyl (C=O) groups excluding carboxylic acids is 1. The highest BCUT2D eigenvalue weighted by atomic mass is 35.5. The van der Waals surface area contributed by atoms with E-state index in [9.17, 15) is 23.3 Å². The largest absolute Gasteiger partial charge is 0.379 e. The molecule has 2 saturated heterocycles. The predicted molar refractivity (Wildman–Crippen MR) is 105 cm³/mol. The summed E-state index contributed by atoms with van der Waals surface area (Å²) in [6.45, 7) is 5.14. The van der Waals surface area contributed by atoms with Crippen molar-refractivity contribution in [3.63, 3.8) is 0 Å². The zero-order valence-electron chi connectivity index (χ0n) is 16.0. The van der Waals surface area contributed by atoms with Gasteiger partial charge in [-0.1, -0.05) is 11.6 Å². The van der Waals surface area contributed by atoms with Crippen molar-refractivity contribution in [1.82, 2.24) is 14.1 Å². The summed E-state index contributed by atoms with van der Waals surface area (Å²) in [4.78, 5) is 26.5. The molecule has 2 aliphatic rings. The molecule has 0 aliphatic carbocycles. The van der Waals surface area contributed by atoms with Gasteiger partial charge in [0.25, 0.3) is 5.69 Å². The van der Waals surface area contributed by atoms with Crippen LogP contribution < -0.4 is 0 Å². The van der Waals surface area contributed by atoms with Gasteiger partial charge in [-0.15, -0.1) is 0 Å². The number of carbonyl (C=O) groups is 1. The standard InChI is InChI=1S/C17H23ClN4O6S/c1-13-15(18)10-14(11-16(13)22(24)25)29(26,27)21-4-2-20(3-5-21)17(23)12-19-6-8-28-9-7-19/h10-11H,2-9,12H2,1H3. The van der Waals surface area contributed by atoms with Crippen LogP contribution in [0.15, 0.2) is 17.0 Å². The SMILES string of the molecule is Cc1c(Cl)cc(S(=O)(=O)N2CCN(C(=O)CN3CCOCC3)CC2)cc1[N+](=O)[O-]. The lowest BCUT2D eigenvalue weighted by Gasteiger charge is -2.35. The molecule has 1 amide bonds. The molecule has 0 radical (unpaired) electrons. The maximum absolute atomic E-state index is 12.9. The minimum Gasteiger partial charge on any atom is -0.379 e. The van der Waals surface area contributed by atoms with Crippen molar-refractivity contribution in [3.8, 4) is 0 Å². The van der Waals surface area contributed by atoms with Crippen molar-refractivity contribution in [3.05, 3.63) is 32.8 Å². The fraction of sp³-hybridized carbons (Fsp3) is 0.588. The number of nitrogens with zero attached hydrogens (tertiary/aromatic N) is 4. The molecule has 2 fully saturated rings. The summed E-state index contributed by atoms with van der Waals surface area (Å²) in [5, 5.41) is 11.2. The molecule has 12 heteroatoms. The highest BCUT2D eigenvalue weighted by Gasteiger charge is 2.32. The highest BCUT2D eigenvalue weighted by molar-refractivity contribution is 7.89. The van der Waals surface area contributed by atoms with Gasteiger partial charge in [0.1, 0.15) is 0 Å². The summed E-state index contributed by atoms with van der Waals surface area (Å²) in [5.74, 6) is -0.0435. The number of halogens is 1. The summed E-state index contributed by atoms with van der Waals surface area (Å²) in [6.07, 6.45) is 0. The second-order valence-electron chi connectivity index (χ2n) is 6.98.